The van der Waals surface area contributed by atoms with E-state index in [1.807, 2.05) is 0 Å². The average molecular weight is 280 g/mol. The molecule has 1 aromatic carbocycles. The monoisotopic (exact) mass is 280 g/mol. The molecule has 6 nitrogen and oxygen atoms in total. The number of aldehydes is 1. The van der Waals surface area contributed by atoms with Crippen LogP contribution in [0.15, 0.2) is 23.1 Å². The Morgan fingerprint density at radius 2 is 2.26 bits per heavy atom. The molecule has 0 radical (unpaired) electrons. The van der Waals surface area contributed by atoms with Gasteiger partial charge in [0.05, 0.1) is 15.6 Å². The Labute approximate surface area is 113 Å². The zero-order valence-electron chi connectivity index (χ0n) is 10.00. The summed E-state index contributed by atoms with van der Waals surface area (Å²) < 4.78 is 0. The molecule has 1 amide bonds. The highest BCUT2D eigenvalue weighted by atomic mass is 32.2. The Morgan fingerprint density at radius 3 is 2.84 bits per heavy atom. The van der Waals surface area contributed by atoms with Gasteiger partial charge in [0.1, 0.15) is 6.29 Å². The van der Waals surface area contributed by atoms with Crippen LogP contribution in [0.2, 0.25) is 0 Å². The molecule has 100 valence electrons. The third-order valence-corrected chi connectivity index (χ3v) is 3.68. The van der Waals surface area contributed by atoms with Crippen molar-refractivity contribution in [3.8, 4) is 0 Å². The van der Waals surface area contributed by atoms with Crippen LogP contribution in [0.3, 0.4) is 0 Å². The first kappa shape index (κ1) is 13.5. The number of rotatable bonds is 6. The molecule has 0 aliphatic heterocycles. The molecular weight excluding hydrogens is 268 g/mol. The summed E-state index contributed by atoms with van der Waals surface area (Å²) in [6.07, 6.45) is 2.57. The Kier molecular flexibility index (Phi) is 4.16. The fraction of sp³-hybridized carbons (Fsp3) is 0.333. The van der Waals surface area contributed by atoms with Crippen molar-refractivity contribution in [2.75, 3.05) is 5.75 Å². The van der Waals surface area contributed by atoms with Gasteiger partial charge in [-0.15, -0.1) is 11.8 Å². The maximum Gasteiger partial charge on any atom is 0.283 e. The average Bonchev–Trinajstić information content (AvgIpc) is 3.20. The molecule has 0 spiro atoms. The van der Waals surface area contributed by atoms with E-state index in [0.717, 1.165) is 24.6 Å². The summed E-state index contributed by atoms with van der Waals surface area (Å²) in [5.74, 6) is 0.0129. The lowest BCUT2D eigenvalue weighted by atomic mass is 10.2. The van der Waals surface area contributed by atoms with Gasteiger partial charge in [0, 0.05) is 17.7 Å². The summed E-state index contributed by atoms with van der Waals surface area (Å²) in [5, 5.41) is 13.7. The number of nitrogens with zero attached hydrogens (tertiary/aromatic N) is 1. The summed E-state index contributed by atoms with van der Waals surface area (Å²) in [6, 6.07) is 4.49. The van der Waals surface area contributed by atoms with E-state index in [-0.39, 0.29) is 29.0 Å². The van der Waals surface area contributed by atoms with Crippen molar-refractivity contribution in [1.82, 2.24) is 5.32 Å². The molecule has 0 heterocycles. The second kappa shape index (κ2) is 5.83. The first-order valence-corrected chi connectivity index (χ1v) is 6.74. The minimum atomic E-state index is -0.547. The summed E-state index contributed by atoms with van der Waals surface area (Å²) in [7, 11) is 0. The van der Waals surface area contributed by atoms with Crippen LogP contribution in [0, 0.1) is 10.1 Å². The Balaban J connectivity index is 2.03. The van der Waals surface area contributed by atoms with Gasteiger partial charge in [-0.1, -0.05) is 6.07 Å². The number of nitro groups is 1. The van der Waals surface area contributed by atoms with Gasteiger partial charge in [-0.2, -0.15) is 0 Å². The van der Waals surface area contributed by atoms with Crippen LogP contribution < -0.4 is 5.32 Å². The van der Waals surface area contributed by atoms with Gasteiger partial charge in [-0.3, -0.25) is 19.7 Å². The largest absolute Gasteiger partial charge is 0.353 e. The van der Waals surface area contributed by atoms with E-state index in [1.165, 1.54) is 18.2 Å². The Bertz CT molecular complexity index is 528. The van der Waals surface area contributed by atoms with E-state index in [4.69, 9.17) is 0 Å². The van der Waals surface area contributed by atoms with E-state index >= 15 is 0 Å². The minimum Gasteiger partial charge on any atom is -0.353 e. The predicted octanol–water partition coefficient (Wildman–Crippen LogP) is 1.78. The normalized spacial score (nSPS) is 13.9. The second-order valence-electron chi connectivity index (χ2n) is 4.23. The number of carbonyl (C=O) groups is 2. The van der Waals surface area contributed by atoms with Gasteiger partial charge in [-0.25, -0.2) is 0 Å². The first-order valence-electron chi connectivity index (χ1n) is 5.76. The molecule has 0 atom stereocenters. The maximum absolute atomic E-state index is 11.5. The summed E-state index contributed by atoms with van der Waals surface area (Å²) in [5.41, 5.74) is 0.104. The van der Waals surface area contributed by atoms with E-state index in [2.05, 4.69) is 5.32 Å². The standard InChI is InChI=1S/C12H12N2O4S/c15-6-8-1-4-11(10(5-8)14(17)18)19-7-12(16)13-9-2-3-9/h1,4-6,9H,2-3,7H2,(H,13,16). The van der Waals surface area contributed by atoms with Crippen molar-refractivity contribution in [1.29, 1.82) is 0 Å². The molecule has 1 N–H and O–H groups in total. The molecule has 0 aromatic heterocycles. The smallest absolute Gasteiger partial charge is 0.283 e. The Morgan fingerprint density at radius 1 is 1.53 bits per heavy atom. The van der Waals surface area contributed by atoms with Crippen molar-refractivity contribution >= 4 is 29.6 Å². The zero-order chi connectivity index (χ0) is 13.8. The molecule has 1 aromatic rings. The minimum absolute atomic E-state index is 0.124. The lowest BCUT2D eigenvalue weighted by Crippen LogP contribution is -2.27. The zero-order valence-corrected chi connectivity index (χ0v) is 10.8. The molecule has 1 aliphatic rings. The number of hydrogen-bond acceptors (Lipinski definition) is 5. The lowest BCUT2D eigenvalue weighted by molar-refractivity contribution is -0.387. The van der Waals surface area contributed by atoms with Crippen LogP contribution in [0.25, 0.3) is 0 Å². The van der Waals surface area contributed by atoms with Gasteiger partial charge in [0.25, 0.3) is 5.69 Å². The van der Waals surface area contributed by atoms with Crippen molar-refractivity contribution in [2.45, 2.75) is 23.8 Å². The molecule has 2 rings (SSSR count). The molecule has 0 unspecified atom stereocenters. The maximum atomic E-state index is 11.5. The fourth-order valence-electron chi connectivity index (χ4n) is 1.51. The highest BCUT2D eigenvalue weighted by Crippen LogP contribution is 2.30. The van der Waals surface area contributed by atoms with E-state index in [9.17, 15) is 19.7 Å². The first-order chi connectivity index (χ1) is 9.10. The van der Waals surface area contributed by atoms with E-state index in [0.29, 0.717) is 11.2 Å². The summed E-state index contributed by atoms with van der Waals surface area (Å²) in [4.78, 5) is 32.8. The van der Waals surface area contributed by atoms with E-state index < -0.39 is 4.92 Å². The highest BCUT2D eigenvalue weighted by molar-refractivity contribution is 8.00. The van der Waals surface area contributed by atoms with Crippen molar-refractivity contribution in [3.63, 3.8) is 0 Å². The van der Waals surface area contributed by atoms with Crippen LogP contribution >= 0.6 is 11.8 Å². The topological polar surface area (TPSA) is 89.3 Å². The van der Waals surface area contributed by atoms with Gasteiger partial charge in [0.15, 0.2) is 0 Å². The van der Waals surface area contributed by atoms with Crippen molar-refractivity contribution in [2.24, 2.45) is 0 Å². The second-order valence-corrected chi connectivity index (χ2v) is 5.25. The van der Waals surface area contributed by atoms with Gasteiger partial charge >= 0.3 is 0 Å². The highest BCUT2D eigenvalue weighted by Gasteiger charge is 2.23. The molecule has 0 bridgehead atoms. The van der Waals surface area contributed by atoms with Gasteiger partial charge in [-0.05, 0) is 18.9 Å². The number of nitro benzene ring substituents is 1. The predicted molar refractivity (Wildman–Crippen MR) is 70.4 cm³/mol. The number of carbonyl (C=O) groups excluding carboxylic acids is 2. The molecule has 0 saturated heterocycles. The van der Waals surface area contributed by atoms with Crippen LogP contribution in [0.4, 0.5) is 5.69 Å². The van der Waals surface area contributed by atoms with Crippen LogP contribution in [0.5, 0.6) is 0 Å². The van der Waals surface area contributed by atoms with Gasteiger partial charge in [0.2, 0.25) is 5.91 Å². The quantitative estimate of drug-likeness (QED) is 0.371. The molecule has 7 heteroatoms. The Hall–Kier alpha value is -1.89. The lowest BCUT2D eigenvalue weighted by Gasteiger charge is -2.04. The number of thioether (sulfide) groups is 1. The van der Waals surface area contributed by atoms with Crippen molar-refractivity contribution < 1.29 is 14.5 Å². The van der Waals surface area contributed by atoms with Gasteiger partial charge < -0.3 is 5.32 Å². The summed E-state index contributed by atoms with van der Waals surface area (Å²) >= 11 is 1.10. The molecule has 19 heavy (non-hydrogen) atoms. The number of benzene rings is 1. The fourth-order valence-corrected chi connectivity index (χ4v) is 2.33. The van der Waals surface area contributed by atoms with Crippen LogP contribution in [-0.4, -0.2) is 28.9 Å². The molecule has 1 aliphatic carbocycles. The SMILES string of the molecule is O=Cc1ccc(SCC(=O)NC2CC2)c([N+](=O)[O-])c1. The molecule has 1 fully saturated rings. The number of amides is 1. The van der Waals surface area contributed by atoms with E-state index in [1.54, 1.807) is 0 Å². The molecular formula is C12H12N2O4S. The molecule has 1 saturated carbocycles. The number of hydrogen-bond donors (Lipinski definition) is 1. The third kappa shape index (κ3) is 3.78. The van der Waals surface area contributed by atoms with Crippen LogP contribution in [0.1, 0.15) is 23.2 Å². The van der Waals surface area contributed by atoms with Crippen molar-refractivity contribution in [3.05, 3.63) is 33.9 Å². The third-order valence-electron chi connectivity index (χ3n) is 2.62. The number of nitrogens with one attached hydrogen (secondary N) is 1. The summed E-state index contributed by atoms with van der Waals surface area (Å²) in [6.45, 7) is 0. The van der Waals surface area contributed by atoms with Crippen LogP contribution in [-0.2, 0) is 4.79 Å².